The molecule has 0 aliphatic carbocycles. The lowest BCUT2D eigenvalue weighted by Gasteiger charge is -2.14. The Labute approximate surface area is 138 Å². The van der Waals surface area contributed by atoms with Gasteiger partial charge in [-0.25, -0.2) is 0 Å². The van der Waals surface area contributed by atoms with Crippen LogP contribution in [0.5, 0.6) is 0 Å². The van der Waals surface area contributed by atoms with E-state index in [-0.39, 0.29) is 0 Å². The molecule has 1 N–H and O–H groups in total. The highest BCUT2D eigenvalue weighted by Gasteiger charge is 2.24. The van der Waals surface area contributed by atoms with Gasteiger partial charge in [0.1, 0.15) is 5.92 Å². The van der Waals surface area contributed by atoms with Crippen molar-refractivity contribution in [2.45, 2.75) is 12.3 Å². The number of rotatable bonds is 4. The maximum absolute atomic E-state index is 11.5. The number of carboxylic acid groups (broad SMARTS) is 1. The van der Waals surface area contributed by atoms with Crippen molar-refractivity contribution in [1.82, 2.24) is 4.98 Å². The maximum Gasteiger partial charge on any atom is 0.312 e. The van der Waals surface area contributed by atoms with Crippen LogP contribution in [-0.2, 0) is 11.2 Å². The van der Waals surface area contributed by atoms with E-state index in [4.69, 9.17) is 11.6 Å². The van der Waals surface area contributed by atoms with Gasteiger partial charge in [-0.05, 0) is 46.1 Å². The third kappa shape index (κ3) is 3.81. The average Bonchev–Trinajstić information content (AvgIpc) is 2.36. The predicted molar refractivity (Wildman–Crippen MR) is 85.2 cm³/mol. The molecule has 2 rings (SSSR count). The van der Waals surface area contributed by atoms with Gasteiger partial charge in [-0.3, -0.25) is 9.78 Å². The molecule has 0 spiro atoms. The van der Waals surface area contributed by atoms with E-state index in [1.54, 1.807) is 6.07 Å². The van der Waals surface area contributed by atoms with Crippen molar-refractivity contribution in [1.29, 1.82) is 0 Å². The SMILES string of the molecule is O=C(O)C(Cc1cccc(Br)c1)c1ncc(Cl)cc1Br. The summed E-state index contributed by atoms with van der Waals surface area (Å²) >= 11 is 12.5. The fourth-order valence-electron chi connectivity index (χ4n) is 1.88. The zero-order chi connectivity index (χ0) is 14.7. The Kier molecular flexibility index (Phi) is 5.18. The van der Waals surface area contributed by atoms with Crippen LogP contribution < -0.4 is 0 Å². The van der Waals surface area contributed by atoms with Gasteiger partial charge in [-0.1, -0.05) is 39.7 Å². The Balaban J connectivity index is 2.34. The van der Waals surface area contributed by atoms with E-state index in [9.17, 15) is 9.90 Å². The van der Waals surface area contributed by atoms with Crippen molar-refractivity contribution in [2.24, 2.45) is 0 Å². The smallest absolute Gasteiger partial charge is 0.312 e. The van der Waals surface area contributed by atoms with Gasteiger partial charge in [0.05, 0.1) is 10.7 Å². The fourth-order valence-corrected chi connectivity index (χ4v) is 3.24. The molecule has 3 nitrogen and oxygen atoms in total. The first kappa shape index (κ1) is 15.5. The van der Waals surface area contributed by atoms with Crippen molar-refractivity contribution in [2.75, 3.05) is 0 Å². The second-order valence-corrected chi connectivity index (χ2v) is 6.45. The number of carbonyl (C=O) groups is 1. The molecule has 1 unspecified atom stereocenters. The lowest BCUT2D eigenvalue weighted by Crippen LogP contribution is -2.16. The van der Waals surface area contributed by atoms with E-state index < -0.39 is 11.9 Å². The minimum atomic E-state index is -0.916. The summed E-state index contributed by atoms with van der Waals surface area (Å²) in [5.41, 5.74) is 1.40. The molecule has 0 aliphatic rings. The second-order valence-electron chi connectivity index (χ2n) is 4.25. The number of halogens is 3. The number of nitrogens with zero attached hydrogens (tertiary/aromatic N) is 1. The van der Waals surface area contributed by atoms with Gasteiger partial charge in [-0.2, -0.15) is 0 Å². The molecular weight excluding hydrogens is 409 g/mol. The van der Waals surface area contributed by atoms with Gasteiger partial charge in [0, 0.05) is 15.1 Å². The highest BCUT2D eigenvalue weighted by atomic mass is 79.9. The van der Waals surface area contributed by atoms with Crippen molar-refractivity contribution >= 4 is 49.4 Å². The molecule has 1 aromatic carbocycles. The monoisotopic (exact) mass is 417 g/mol. The zero-order valence-electron chi connectivity index (χ0n) is 10.2. The summed E-state index contributed by atoms with van der Waals surface area (Å²) in [6.07, 6.45) is 1.82. The molecule has 0 radical (unpaired) electrons. The van der Waals surface area contributed by atoms with Crippen LogP contribution in [0.1, 0.15) is 17.2 Å². The molecule has 1 aromatic heterocycles. The van der Waals surface area contributed by atoms with Crippen molar-refractivity contribution in [3.05, 3.63) is 61.8 Å². The lowest BCUT2D eigenvalue weighted by molar-refractivity contribution is -0.138. The highest BCUT2D eigenvalue weighted by Crippen LogP contribution is 2.29. The number of hydrogen-bond acceptors (Lipinski definition) is 2. The first-order chi connectivity index (χ1) is 9.47. The molecule has 0 saturated carbocycles. The van der Waals surface area contributed by atoms with Gasteiger partial charge in [0.2, 0.25) is 0 Å². The first-order valence-electron chi connectivity index (χ1n) is 5.75. The summed E-state index contributed by atoms with van der Waals surface area (Å²) < 4.78 is 1.52. The molecule has 104 valence electrons. The zero-order valence-corrected chi connectivity index (χ0v) is 14.1. The number of aliphatic carboxylic acids is 1. The Morgan fingerprint density at radius 3 is 2.70 bits per heavy atom. The lowest BCUT2D eigenvalue weighted by atomic mass is 9.96. The highest BCUT2D eigenvalue weighted by molar-refractivity contribution is 9.10. The van der Waals surface area contributed by atoms with Gasteiger partial charge < -0.3 is 5.11 Å². The Morgan fingerprint density at radius 2 is 2.10 bits per heavy atom. The third-order valence-corrected chi connectivity index (χ3v) is 4.13. The van der Waals surface area contributed by atoms with Crippen LogP contribution >= 0.6 is 43.5 Å². The van der Waals surface area contributed by atoms with Gasteiger partial charge in [0.25, 0.3) is 0 Å². The Morgan fingerprint density at radius 1 is 1.35 bits per heavy atom. The molecule has 20 heavy (non-hydrogen) atoms. The summed E-state index contributed by atoms with van der Waals surface area (Å²) in [5.74, 6) is -1.64. The predicted octanol–water partition coefficient (Wildman–Crippen LogP) is 4.67. The molecule has 1 atom stereocenters. The molecule has 0 bridgehead atoms. The summed E-state index contributed by atoms with van der Waals surface area (Å²) in [4.78, 5) is 15.7. The number of benzene rings is 1. The second kappa shape index (κ2) is 6.70. The Hall–Kier alpha value is -0.910. The molecule has 0 aliphatic heterocycles. The summed E-state index contributed by atoms with van der Waals surface area (Å²) in [5, 5.41) is 9.91. The average molecular weight is 420 g/mol. The summed E-state index contributed by atoms with van der Waals surface area (Å²) in [7, 11) is 0. The van der Waals surface area contributed by atoms with Crippen LogP contribution in [0.25, 0.3) is 0 Å². The van der Waals surface area contributed by atoms with Crippen LogP contribution in [0.3, 0.4) is 0 Å². The topological polar surface area (TPSA) is 50.2 Å². The van der Waals surface area contributed by atoms with Crippen LogP contribution in [0.15, 0.2) is 45.5 Å². The number of aromatic nitrogens is 1. The van der Waals surface area contributed by atoms with Crippen molar-refractivity contribution < 1.29 is 9.90 Å². The Bertz CT molecular complexity index is 649. The third-order valence-electron chi connectivity index (χ3n) is 2.79. The quantitative estimate of drug-likeness (QED) is 0.784. The van der Waals surface area contributed by atoms with Crippen LogP contribution in [-0.4, -0.2) is 16.1 Å². The minimum absolute atomic E-state index is 0.363. The number of carboxylic acids is 1. The number of pyridine rings is 1. The van der Waals surface area contributed by atoms with E-state index in [0.717, 1.165) is 10.0 Å². The normalized spacial score (nSPS) is 12.2. The van der Waals surface area contributed by atoms with Gasteiger partial charge in [0.15, 0.2) is 0 Å². The van der Waals surface area contributed by atoms with Gasteiger partial charge >= 0.3 is 5.97 Å². The van der Waals surface area contributed by atoms with Crippen LogP contribution in [0, 0.1) is 0 Å². The van der Waals surface area contributed by atoms with E-state index in [1.807, 2.05) is 24.3 Å². The van der Waals surface area contributed by atoms with Crippen molar-refractivity contribution in [3.8, 4) is 0 Å². The van der Waals surface area contributed by atoms with Crippen molar-refractivity contribution in [3.63, 3.8) is 0 Å². The minimum Gasteiger partial charge on any atom is -0.481 e. The van der Waals surface area contributed by atoms with E-state index in [1.165, 1.54) is 6.20 Å². The molecule has 1 heterocycles. The standard InChI is InChI=1S/C14H10Br2ClNO2/c15-9-3-1-2-8(4-9)5-11(14(19)20)13-12(16)6-10(17)7-18-13/h1-4,6-7,11H,5H2,(H,19,20). The molecule has 6 heteroatoms. The fraction of sp³-hybridized carbons (Fsp3) is 0.143. The molecule has 0 amide bonds. The molecular formula is C14H10Br2ClNO2. The molecule has 2 aromatic rings. The molecule has 0 saturated heterocycles. The van der Waals surface area contributed by atoms with Crippen LogP contribution in [0.4, 0.5) is 0 Å². The first-order valence-corrected chi connectivity index (χ1v) is 7.72. The summed E-state index contributed by atoms with van der Waals surface area (Å²) in [6, 6.07) is 9.23. The summed E-state index contributed by atoms with van der Waals surface area (Å²) in [6.45, 7) is 0. The largest absolute Gasteiger partial charge is 0.481 e. The van der Waals surface area contributed by atoms with E-state index in [0.29, 0.717) is 21.6 Å². The molecule has 0 fully saturated rings. The van der Waals surface area contributed by atoms with E-state index in [2.05, 4.69) is 36.8 Å². The van der Waals surface area contributed by atoms with E-state index >= 15 is 0 Å². The maximum atomic E-state index is 11.5. The van der Waals surface area contributed by atoms with Crippen LogP contribution in [0.2, 0.25) is 5.02 Å². The number of hydrogen-bond donors (Lipinski definition) is 1. The van der Waals surface area contributed by atoms with Gasteiger partial charge in [-0.15, -0.1) is 0 Å².